The molecule has 0 saturated heterocycles. The SMILES string of the molecule is CC/C=C\C/C=C\C/C=C\C/C=C\C/C=C\CCCC(=O)O[C@@H](COC(=O)CCCCCCCCCCCCCCC)COC(=O)CCCCCCCCCCCCCCCCC. The molecule has 6 heteroatoms. The van der Waals surface area contributed by atoms with E-state index in [4.69, 9.17) is 14.2 Å². The number of carbonyl (C=O) groups excluding carboxylic acids is 3. The summed E-state index contributed by atoms with van der Waals surface area (Å²) < 4.78 is 16.8. The highest BCUT2D eigenvalue weighted by Crippen LogP contribution is 2.16. The molecule has 6 nitrogen and oxygen atoms in total. The third-order valence-corrected chi connectivity index (χ3v) is 11.5. The fourth-order valence-corrected chi connectivity index (χ4v) is 7.54. The van der Waals surface area contributed by atoms with Gasteiger partial charge in [0.15, 0.2) is 6.10 Å². The zero-order chi connectivity index (χ0) is 45.8. The summed E-state index contributed by atoms with van der Waals surface area (Å²) in [5, 5.41) is 0. The molecule has 0 aromatic heterocycles. The molecule has 0 amide bonds. The number of carbonyl (C=O) groups is 3. The molecule has 0 aliphatic carbocycles. The van der Waals surface area contributed by atoms with Crippen molar-refractivity contribution in [2.45, 2.75) is 271 Å². The van der Waals surface area contributed by atoms with Crippen LogP contribution in [0.3, 0.4) is 0 Å². The van der Waals surface area contributed by atoms with Crippen LogP contribution in [0, 0.1) is 0 Å². The van der Waals surface area contributed by atoms with E-state index < -0.39 is 6.10 Å². The zero-order valence-electron chi connectivity index (χ0n) is 41.6. The molecule has 0 aromatic carbocycles. The smallest absolute Gasteiger partial charge is 0.306 e. The van der Waals surface area contributed by atoms with Crippen molar-refractivity contribution >= 4 is 17.9 Å². The first kappa shape index (κ1) is 60.1. The van der Waals surface area contributed by atoms with Crippen molar-refractivity contribution in [2.24, 2.45) is 0 Å². The number of hydrogen-bond donors (Lipinski definition) is 0. The largest absolute Gasteiger partial charge is 0.462 e. The van der Waals surface area contributed by atoms with Crippen LogP contribution >= 0.6 is 0 Å². The van der Waals surface area contributed by atoms with Crippen LogP contribution in [-0.4, -0.2) is 37.2 Å². The standard InChI is InChI=1S/C57H100O6/c1-4-7-10-13-16-19-22-25-27-28-30-33-36-39-42-45-48-51-57(60)63-54(52-61-55(58)49-46-43-40-37-34-31-24-21-18-15-12-9-6-3)53-62-56(59)50-47-44-41-38-35-32-29-26-23-20-17-14-11-8-5-2/h7,10,16,19,25,27,30,33,39,42,54H,4-6,8-9,11-15,17-18,20-24,26,28-29,31-32,34-38,40-41,43-53H2,1-3H3/b10-7-,19-16-,27-25-,33-30-,42-39-/t54-/m0/s1. The highest BCUT2D eigenvalue weighted by molar-refractivity contribution is 5.71. The molecule has 0 spiro atoms. The van der Waals surface area contributed by atoms with Gasteiger partial charge in [0.1, 0.15) is 13.2 Å². The summed E-state index contributed by atoms with van der Waals surface area (Å²) >= 11 is 0. The highest BCUT2D eigenvalue weighted by Gasteiger charge is 2.19. The summed E-state index contributed by atoms with van der Waals surface area (Å²) in [7, 11) is 0. The molecule has 0 aliphatic heterocycles. The van der Waals surface area contributed by atoms with Gasteiger partial charge < -0.3 is 14.2 Å². The average Bonchev–Trinajstić information content (AvgIpc) is 3.28. The minimum atomic E-state index is -0.799. The van der Waals surface area contributed by atoms with Crippen LogP contribution < -0.4 is 0 Å². The Hall–Kier alpha value is -2.89. The van der Waals surface area contributed by atoms with Gasteiger partial charge in [-0.3, -0.25) is 14.4 Å². The number of rotatable bonds is 48. The second kappa shape index (κ2) is 51.7. The molecule has 0 radical (unpaired) electrons. The fourth-order valence-electron chi connectivity index (χ4n) is 7.54. The summed E-state index contributed by atoms with van der Waals surface area (Å²) in [5.74, 6) is -0.942. The molecule has 0 heterocycles. The minimum absolute atomic E-state index is 0.0932. The van der Waals surface area contributed by atoms with Gasteiger partial charge in [-0.2, -0.15) is 0 Å². The van der Waals surface area contributed by atoms with Gasteiger partial charge in [0, 0.05) is 19.3 Å². The van der Waals surface area contributed by atoms with Gasteiger partial charge in [-0.15, -0.1) is 0 Å². The Morgan fingerprint density at radius 2 is 0.619 bits per heavy atom. The lowest BCUT2D eigenvalue weighted by atomic mass is 10.0. The summed E-state index contributed by atoms with van der Waals surface area (Å²) in [4.78, 5) is 38.0. The van der Waals surface area contributed by atoms with Gasteiger partial charge in [-0.1, -0.05) is 248 Å². The normalized spacial score (nSPS) is 12.5. The lowest BCUT2D eigenvalue weighted by Crippen LogP contribution is -2.30. The lowest BCUT2D eigenvalue weighted by molar-refractivity contribution is -0.167. The fraction of sp³-hybridized carbons (Fsp3) is 0.772. The van der Waals surface area contributed by atoms with Crippen molar-refractivity contribution in [2.75, 3.05) is 13.2 Å². The van der Waals surface area contributed by atoms with E-state index in [-0.39, 0.29) is 37.5 Å². The maximum absolute atomic E-state index is 12.8. The summed E-state index contributed by atoms with van der Waals surface area (Å²) in [6, 6.07) is 0. The number of unbranched alkanes of at least 4 members (excludes halogenated alkanes) is 27. The summed E-state index contributed by atoms with van der Waals surface area (Å²) in [6.45, 7) is 6.50. The first-order valence-corrected chi connectivity index (χ1v) is 26.8. The van der Waals surface area contributed by atoms with E-state index in [1.807, 2.05) is 0 Å². The van der Waals surface area contributed by atoms with Crippen LogP contribution in [0.2, 0.25) is 0 Å². The van der Waals surface area contributed by atoms with Crippen LogP contribution in [0.5, 0.6) is 0 Å². The van der Waals surface area contributed by atoms with Gasteiger partial charge in [0.05, 0.1) is 0 Å². The van der Waals surface area contributed by atoms with Crippen molar-refractivity contribution < 1.29 is 28.6 Å². The Morgan fingerprint density at radius 3 is 0.952 bits per heavy atom. The van der Waals surface area contributed by atoms with E-state index in [1.165, 1.54) is 141 Å². The van der Waals surface area contributed by atoms with Crippen molar-refractivity contribution in [1.29, 1.82) is 0 Å². The van der Waals surface area contributed by atoms with Crippen molar-refractivity contribution in [3.05, 3.63) is 60.8 Å². The van der Waals surface area contributed by atoms with Crippen LogP contribution in [0.1, 0.15) is 265 Å². The number of esters is 3. The second-order valence-corrected chi connectivity index (χ2v) is 17.8. The van der Waals surface area contributed by atoms with E-state index in [1.54, 1.807) is 0 Å². The van der Waals surface area contributed by atoms with Crippen molar-refractivity contribution in [3.63, 3.8) is 0 Å². The second-order valence-electron chi connectivity index (χ2n) is 17.8. The van der Waals surface area contributed by atoms with E-state index in [0.29, 0.717) is 19.3 Å². The van der Waals surface area contributed by atoms with Crippen molar-refractivity contribution in [3.8, 4) is 0 Å². The quantitative estimate of drug-likeness (QED) is 0.0262. The molecule has 1 atom stereocenters. The maximum atomic E-state index is 12.8. The number of ether oxygens (including phenoxy) is 3. The first-order valence-electron chi connectivity index (χ1n) is 26.8. The predicted octanol–water partition coefficient (Wildman–Crippen LogP) is 17.6. The topological polar surface area (TPSA) is 78.9 Å². The van der Waals surface area contributed by atoms with E-state index in [9.17, 15) is 14.4 Å². The predicted molar refractivity (Wildman–Crippen MR) is 270 cm³/mol. The Bertz CT molecular complexity index is 1150. The first-order chi connectivity index (χ1) is 31.0. The molecule has 63 heavy (non-hydrogen) atoms. The summed E-state index contributed by atoms with van der Waals surface area (Å²) in [5.41, 5.74) is 0. The van der Waals surface area contributed by atoms with Gasteiger partial charge in [0.25, 0.3) is 0 Å². The van der Waals surface area contributed by atoms with E-state index in [0.717, 1.165) is 77.0 Å². The van der Waals surface area contributed by atoms with E-state index in [2.05, 4.69) is 81.5 Å². The third kappa shape index (κ3) is 50.0. The molecule has 0 fully saturated rings. The highest BCUT2D eigenvalue weighted by atomic mass is 16.6. The average molecular weight is 881 g/mol. The Balaban J connectivity index is 4.45. The molecule has 0 saturated carbocycles. The summed E-state index contributed by atoms with van der Waals surface area (Å²) in [6.07, 6.45) is 63.5. The number of hydrogen-bond acceptors (Lipinski definition) is 6. The molecular weight excluding hydrogens is 781 g/mol. The molecule has 0 rings (SSSR count). The minimum Gasteiger partial charge on any atom is -0.462 e. The maximum Gasteiger partial charge on any atom is 0.306 e. The molecule has 0 bridgehead atoms. The number of allylic oxidation sites excluding steroid dienone is 10. The lowest BCUT2D eigenvalue weighted by Gasteiger charge is -2.18. The molecular formula is C57H100O6. The molecule has 0 aromatic rings. The van der Waals surface area contributed by atoms with Gasteiger partial charge in [-0.05, 0) is 57.8 Å². The Morgan fingerprint density at radius 1 is 0.333 bits per heavy atom. The molecule has 364 valence electrons. The van der Waals surface area contributed by atoms with Crippen LogP contribution in [-0.2, 0) is 28.6 Å². The monoisotopic (exact) mass is 881 g/mol. The van der Waals surface area contributed by atoms with Crippen LogP contribution in [0.15, 0.2) is 60.8 Å². The molecule has 0 N–H and O–H groups in total. The Labute approximate surface area is 390 Å². The third-order valence-electron chi connectivity index (χ3n) is 11.5. The molecule has 0 unspecified atom stereocenters. The van der Waals surface area contributed by atoms with Crippen molar-refractivity contribution in [1.82, 2.24) is 0 Å². The van der Waals surface area contributed by atoms with Gasteiger partial charge in [-0.25, -0.2) is 0 Å². The molecule has 0 aliphatic rings. The zero-order valence-corrected chi connectivity index (χ0v) is 41.6. The van der Waals surface area contributed by atoms with Gasteiger partial charge in [0.2, 0.25) is 0 Å². The van der Waals surface area contributed by atoms with Gasteiger partial charge >= 0.3 is 17.9 Å². The van der Waals surface area contributed by atoms with Crippen LogP contribution in [0.4, 0.5) is 0 Å². The van der Waals surface area contributed by atoms with Crippen LogP contribution in [0.25, 0.3) is 0 Å². The Kier molecular flexibility index (Phi) is 49.4. The van der Waals surface area contributed by atoms with E-state index >= 15 is 0 Å².